The highest BCUT2D eigenvalue weighted by Gasteiger charge is 2.28. The van der Waals surface area contributed by atoms with E-state index in [9.17, 15) is 0 Å². The molecule has 1 aromatic rings. The Kier molecular flexibility index (Phi) is 4.62. The van der Waals surface area contributed by atoms with Crippen molar-refractivity contribution in [3.63, 3.8) is 0 Å². The van der Waals surface area contributed by atoms with Gasteiger partial charge in [-0.3, -0.25) is 4.98 Å². The molecule has 0 amide bonds. The molecule has 19 heavy (non-hydrogen) atoms. The summed E-state index contributed by atoms with van der Waals surface area (Å²) >= 11 is 0. The van der Waals surface area contributed by atoms with E-state index in [0.29, 0.717) is 17.4 Å². The van der Waals surface area contributed by atoms with E-state index >= 15 is 0 Å². The minimum atomic E-state index is 0.335. The first-order valence-corrected chi connectivity index (χ1v) is 7.69. The van der Waals surface area contributed by atoms with Gasteiger partial charge in [0.15, 0.2) is 0 Å². The third-order valence-corrected chi connectivity index (χ3v) is 4.37. The summed E-state index contributed by atoms with van der Waals surface area (Å²) in [5.74, 6) is 0.680. The molecule has 0 spiro atoms. The first kappa shape index (κ1) is 14.5. The molecule has 106 valence electrons. The Labute approximate surface area is 118 Å². The first-order chi connectivity index (χ1) is 9.02. The van der Waals surface area contributed by atoms with Crippen LogP contribution in [0.25, 0.3) is 0 Å². The zero-order chi connectivity index (χ0) is 13.9. The van der Waals surface area contributed by atoms with Crippen LogP contribution in [0.5, 0.6) is 0 Å². The number of fused-ring (bicyclic) bond motifs is 1. The molecular formula is C17H28N2. The third-order valence-electron chi connectivity index (χ3n) is 4.37. The Balaban J connectivity index is 1.96. The number of pyridine rings is 1. The number of aryl methyl sites for hydroxylation is 1. The minimum absolute atomic E-state index is 0.335. The highest BCUT2D eigenvalue weighted by atomic mass is 14.9. The second-order valence-electron chi connectivity index (χ2n) is 6.84. The molecule has 0 saturated heterocycles. The van der Waals surface area contributed by atoms with Gasteiger partial charge in [0.2, 0.25) is 0 Å². The number of rotatable bonds is 5. The highest BCUT2D eigenvalue weighted by molar-refractivity contribution is 5.28. The number of nitrogens with zero attached hydrogens (tertiary/aromatic N) is 1. The SMILES string of the molecule is CCNC(CCC1CCc2cccnc21)C(C)(C)C. The molecule has 2 nitrogen and oxygen atoms in total. The van der Waals surface area contributed by atoms with E-state index in [0.717, 1.165) is 6.54 Å². The average molecular weight is 260 g/mol. The van der Waals surface area contributed by atoms with Crippen LogP contribution in [0.2, 0.25) is 0 Å². The van der Waals surface area contributed by atoms with Crippen molar-refractivity contribution in [1.29, 1.82) is 0 Å². The molecule has 0 aromatic carbocycles. The van der Waals surface area contributed by atoms with Crippen LogP contribution in [-0.2, 0) is 6.42 Å². The Morgan fingerprint density at radius 3 is 2.89 bits per heavy atom. The van der Waals surface area contributed by atoms with Gasteiger partial charge in [-0.2, -0.15) is 0 Å². The Morgan fingerprint density at radius 2 is 2.21 bits per heavy atom. The number of aromatic nitrogens is 1. The summed E-state index contributed by atoms with van der Waals surface area (Å²) in [6.07, 6.45) is 6.96. The summed E-state index contributed by atoms with van der Waals surface area (Å²) in [5.41, 5.74) is 3.18. The Morgan fingerprint density at radius 1 is 1.42 bits per heavy atom. The summed E-state index contributed by atoms with van der Waals surface area (Å²) < 4.78 is 0. The maximum atomic E-state index is 4.61. The van der Waals surface area contributed by atoms with Crippen molar-refractivity contribution < 1.29 is 0 Å². The van der Waals surface area contributed by atoms with Crippen molar-refractivity contribution in [2.75, 3.05) is 6.54 Å². The molecule has 1 aliphatic carbocycles. The molecule has 1 N–H and O–H groups in total. The molecule has 0 radical (unpaired) electrons. The molecule has 2 unspecified atom stereocenters. The second-order valence-corrected chi connectivity index (χ2v) is 6.84. The van der Waals surface area contributed by atoms with Gasteiger partial charge in [-0.15, -0.1) is 0 Å². The highest BCUT2D eigenvalue weighted by Crippen LogP contribution is 2.36. The molecule has 0 fully saturated rings. The van der Waals surface area contributed by atoms with Crippen molar-refractivity contribution in [3.8, 4) is 0 Å². The van der Waals surface area contributed by atoms with Gasteiger partial charge in [-0.1, -0.05) is 33.8 Å². The van der Waals surface area contributed by atoms with Crippen molar-refractivity contribution in [2.24, 2.45) is 5.41 Å². The monoisotopic (exact) mass is 260 g/mol. The summed E-state index contributed by atoms with van der Waals surface area (Å²) in [6.45, 7) is 10.3. The van der Waals surface area contributed by atoms with E-state index in [4.69, 9.17) is 0 Å². The molecule has 0 aliphatic heterocycles. The molecule has 1 aromatic heterocycles. The van der Waals surface area contributed by atoms with Gasteiger partial charge in [0.05, 0.1) is 0 Å². The van der Waals surface area contributed by atoms with Gasteiger partial charge in [-0.25, -0.2) is 0 Å². The van der Waals surface area contributed by atoms with Crippen LogP contribution in [0.1, 0.15) is 64.1 Å². The zero-order valence-electron chi connectivity index (χ0n) is 12.9. The lowest BCUT2D eigenvalue weighted by Crippen LogP contribution is -2.40. The lowest BCUT2D eigenvalue weighted by Gasteiger charge is -2.32. The number of hydrogen-bond acceptors (Lipinski definition) is 2. The van der Waals surface area contributed by atoms with Gasteiger partial charge in [-0.05, 0) is 49.3 Å². The fourth-order valence-corrected chi connectivity index (χ4v) is 3.23. The summed E-state index contributed by atoms with van der Waals surface area (Å²) in [6, 6.07) is 4.91. The fourth-order valence-electron chi connectivity index (χ4n) is 3.23. The van der Waals surface area contributed by atoms with Crippen LogP contribution in [0, 0.1) is 5.41 Å². The predicted molar refractivity (Wildman–Crippen MR) is 81.5 cm³/mol. The van der Waals surface area contributed by atoms with Crippen molar-refractivity contribution in [2.45, 2.75) is 65.3 Å². The van der Waals surface area contributed by atoms with Gasteiger partial charge < -0.3 is 5.32 Å². The van der Waals surface area contributed by atoms with Crippen LogP contribution >= 0.6 is 0 Å². The van der Waals surface area contributed by atoms with E-state index in [1.165, 1.54) is 36.9 Å². The Hall–Kier alpha value is -0.890. The third kappa shape index (κ3) is 3.56. The fraction of sp³-hybridized carbons (Fsp3) is 0.706. The van der Waals surface area contributed by atoms with E-state index in [1.54, 1.807) is 0 Å². The minimum Gasteiger partial charge on any atom is -0.314 e. The van der Waals surface area contributed by atoms with Crippen LogP contribution in [0.3, 0.4) is 0 Å². The van der Waals surface area contributed by atoms with Crippen molar-refractivity contribution in [1.82, 2.24) is 10.3 Å². The van der Waals surface area contributed by atoms with Crippen molar-refractivity contribution in [3.05, 3.63) is 29.6 Å². The Bertz CT molecular complexity index is 406. The summed E-state index contributed by atoms with van der Waals surface area (Å²) in [7, 11) is 0. The van der Waals surface area contributed by atoms with Crippen LogP contribution in [0.15, 0.2) is 18.3 Å². The first-order valence-electron chi connectivity index (χ1n) is 7.69. The van der Waals surface area contributed by atoms with Crippen LogP contribution in [0.4, 0.5) is 0 Å². The normalized spacial score (nSPS) is 20.3. The number of hydrogen-bond donors (Lipinski definition) is 1. The maximum absolute atomic E-state index is 4.61. The van der Waals surface area contributed by atoms with E-state index < -0.39 is 0 Å². The quantitative estimate of drug-likeness (QED) is 0.868. The smallest absolute Gasteiger partial charge is 0.0466 e. The van der Waals surface area contributed by atoms with E-state index in [1.807, 2.05) is 6.20 Å². The van der Waals surface area contributed by atoms with Gasteiger partial charge in [0, 0.05) is 23.9 Å². The van der Waals surface area contributed by atoms with Gasteiger partial charge in [0.1, 0.15) is 0 Å². The molecule has 2 rings (SSSR count). The lowest BCUT2D eigenvalue weighted by molar-refractivity contribution is 0.249. The predicted octanol–water partition coefficient (Wildman–Crippen LogP) is 3.92. The summed E-state index contributed by atoms with van der Waals surface area (Å²) in [4.78, 5) is 4.61. The zero-order valence-corrected chi connectivity index (χ0v) is 12.9. The van der Waals surface area contributed by atoms with Crippen LogP contribution in [-0.4, -0.2) is 17.6 Å². The molecule has 0 saturated carbocycles. The molecular weight excluding hydrogens is 232 g/mol. The molecule has 0 bridgehead atoms. The van der Waals surface area contributed by atoms with Gasteiger partial charge >= 0.3 is 0 Å². The average Bonchev–Trinajstić information content (AvgIpc) is 2.76. The maximum Gasteiger partial charge on any atom is 0.0466 e. The topological polar surface area (TPSA) is 24.9 Å². The van der Waals surface area contributed by atoms with E-state index in [2.05, 4.69) is 50.1 Å². The summed E-state index contributed by atoms with van der Waals surface area (Å²) in [5, 5.41) is 3.65. The lowest BCUT2D eigenvalue weighted by atomic mass is 9.82. The molecule has 1 aliphatic rings. The molecule has 2 atom stereocenters. The standard InChI is InChI=1S/C17H28N2/c1-5-18-15(17(2,3)4)11-10-14-9-8-13-7-6-12-19-16(13)14/h6-7,12,14-15,18H,5,8-11H2,1-4H3. The number of nitrogens with one attached hydrogen (secondary N) is 1. The van der Waals surface area contributed by atoms with Gasteiger partial charge in [0.25, 0.3) is 0 Å². The molecule has 1 heterocycles. The largest absolute Gasteiger partial charge is 0.314 e. The molecule has 2 heteroatoms. The van der Waals surface area contributed by atoms with E-state index in [-0.39, 0.29) is 0 Å². The second kappa shape index (κ2) is 6.04. The van der Waals surface area contributed by atoms with Crippen molar-refractivity contribution >= 4 is 0 Å². The van der Waals surface area contributed by atoms with Crippen LogP contribution < -0.4 is 5.32 Å².